The fourth-order valence-corrected chi connectivity index (χ4v) is 4.98. The molecule has 3 rings (SSSR count). The van der Waals surface area contributed by atoms with Gasteiger partial charge in [-0.15, -0.1) is 6.58 Å². The Morgan fingerprint density at radius 3 is 2.21 bits per heavy atom. The van der Waals surface area contributed by atoms with E-state index >= 15 is 0 Å². The van der Waals surface area contributed by atoms with Gasteiger partial charge in [0.1, 0.15) is 5.78 Å². The molecule has 2 aromatic carbocycles. The molecule has 1 fully saturated rings. The summed E-state index contributed by atoms with van der Waals surface area (Å²) in [6.45, 7) is 3.80. The van der Waals surface area contributed by atoms with Crippen LogP contribution < -0.4 is 0 Å². The third-order valence-corrected chi connectivity index (χ3v) is 6.24. The fraction of sp³-hybridized carbons (Fsp3) is 0.346. The van der Waals surface area contributed by atoms with Crippen molar-refractivity contribution >= 4 is 5.78 Å². The van der Waals surface area contributed by atoms with E-state index in [-0.39, 0.29) is 12.2 Å². The van der Waals surface area contributed by atoms with Crippen LogP contribution in [0.3, 0.4) is 0 Å². The molecule has 1 saturated carbocycles. The first-order chi connectivity index (χ1) is 14.1. The molecule has 0 spiro atoms. The standard InChI is InChI=1S/C26H26N2O/c1-2-16-25(19-27,20-28)24(22-13-7-4-8-14-22)26(17-10-9-15-23(26)29)18-21-11-5-3-6-12-21/h2-8,11-14,24H,1,9-10,15-18H2/t24-,26-/m1/s1. The number of hydrogen-bond donors (Lipinski definition) is 0. The van der Waals surface area contributed by atoms with E-state index in [9.17, 15) is 15.3 Å². The third-order valence-electron chi connectivity index (χ3n) is 6.24. The van der Waals surface area contributed by atoms with Gasteiger partial charge in [0, 0.05) is 17.8 Å². The quantitative estimate of drug-likeness (QED) is 0.573. The Morgan fingerprint density at radius 2 is 1.66 bits per heavy atom. The lowest BCUT2D eigenvalue weighted by molar-refractivity contribution is -0.134. The van der Waals surface area contributed by atoms with Gasteiger partial charge in [0.15, 0.2) is 5.41 Å². The summed E-state index contributed by atoms with van der Waals surface area (Å²) in [5, 5.41) is 20.4. The molecule has 146 valence electrons. The summed E-state index contributed by atoms with van der Waals surface area (Å²) in [7, 11) is 0. The Kier molecular flexibility index (Phi) is 6.30. The second-order valence-corrected chi connectivity index (χ2v) is 7.98. The first kappa shape index (κ1) is 20.6. The van der Waals surface area contributed by atoms with Crippen molar-refractivity contribution in [3.8, 4) is 12.1 Å². The maximum atomic E-state index is 13.6. The van der Waals surface area contributed by atoms with Gasteiger partial charge in [-0.05, 0) is 36.8 Å². The molecule has 0 aliphatic heterocycles. The van der Waals surface area contributed by atoms with E-state index in [1.807, 2.05) is 60.7 Å². The topological polar surface area (TPSA) is 64.7 Å². The van der Waals surface area contributed by atoms with Crippen LogP contribution in [-0.4, -0.2) is 5.78 Å². The molecule has 0 heterocycles. The largest absolute Gasteiger partial charge is 0.299 e. The number of ketones is 1. The van der Waals surface area contributed by atoms with E-state index in [0.29, 0.717) is 19.3 Å². The van der Waals surface area contributed by atoms with Gasteiger partial charge in [-0.1, -0.05) is 73.2 Å². The van der Waals surface area contributed by atoms with E-state index in [2.05, 4.69) is 18.7 Å². The molecule has 3 heteroatoms. The molecule has 0 aromatic heterocycles. The van der Waals surface area contributed by atoms with E-state index in [4.69, 9.17) is 0 Å². The molecule has 0 bridgehead atoms. The Bertz CT molecular complexity index is 922. The Morgan fingerprint density at radius 1 is 1.03 bits per heavy atom. The van der Waals surface area contributed by atoms with Crippen molar-refractivity contribution in [1.29, 1.82) is 10.5 Å². The lowest BCUT2D eigenvalue weighted by atomic mass is 9.52. The maximum absolute atomic E-state index is 13.6. The normalized spacial score (nSPS) is 20.3. The van der Waals surface area contributed by atoms with Crippen molar-refractivity contribution in [2.75, 3.05) is 0 Å². The SMILES string of the molecule is C=CCC(C#N)(C#N)[C@@H](c1ccccc1)[C@@]1(Cc2ccccc2)CCCCC1=O. The molecular formula is C26H26N2O. The monoisotopic (exact) mass is 382 g/mol. The van der Waals surface area contributed by atoms with Gasteiger partial charge < -0.3 is 0 Å². The Labute approximate surface area is 173 Å². The maximum Gasteiger partial charge on any atom is 0.154 e. The van der Waals surface area contributed by atoms with E-state index < -0.39 is 16.7 Å². The van der Waals surface area contributed by atoms with Gasteiger partial charge in [0.25, 0.3) is 0 Å². The van der Waals surface area contributed by atoms with Gasteiger partial charge in [0.05, 0.1) is 12.1 Å². The number of nitriles is 2. The van der Waals surface area contributed by atoms with E-state index in [0.717, 1.165) is 24.0 Å². The predicted octanol–water partition coefficient (Wildman–Crippen LogP) is 5.75. The third kappa shape index (κ3) is 3.87. The molecule has 0 amide bonds. The van der Waals surface area contributed by atoms with Crippen LogP contribution in [-0.2, 0) is 11.2 Å². The summed E-state index contributed by atoms with van der Waals surface area (Å²) >= 11 is 0. The Balaban J connectivity index is 2.26. The lowest BCUT2D eigenvalue weighted by Crippen LogP contribution is -2.48. The van der Waals surface area contributed by atoms with Crippen molar-refractivity contribution in [2.45, 2.75) is 44.4 Å². The van der Waals surface area contributed by atoms with Crippen molar-refractivity contribution in [2.24, 2.45) is 10.8 Å². The first-order valence-corrected chi connectivity index (χ1v) is 10.2. The summed E-state index contributed by atoms with van der Waals surface area (Å²) in [6, 6.07) is 24.2. The molecule has 29 heavy (non-hydrogen) atoms. The average Bonchev–Trinajstić information content (AvgIpc) is 2.77. The van der Waals surface area contributed by atoms with Crippen molar-refractivity contribution < 1.29 is 4.79 Å². The summed E-state index contributed by atoms with van der Waals surface area (Å²) in [5.74, 6) is -0.349. The molecule has 0 radical (unpaired) electrons. The molecule has 0 N–H and O–H groups in total. The second kappa shape index (κ2) is 8.89. The molecule has 2 atom stereocenters. The number of benzene rings is 2. The van der Waals surface area contributed by atoms with Crippen LogP contribution in [0.25, 0.3) is 0 Å². The summed E-state index contributed by atoms with van der Waals surface area (Å²) in [6.07, 6.45) is 5.36. The zero-order valence-electron chi connectivity index (χ0n) is 16.7. The highest BCUT2D eigenvalue weighted by Gasteiger charge is 2.56. The molecule has 2 aromatic rings. The van der Waals surface area contributed by atoms with Crippen molar-refractivity contribution in [3.63, 3.8) is 0 Å². The number of Topliss-reactive ketones (excluding diaryl/α,β-unsaturated/α-hetero) is 1. The van der Waals surface area contributed by atoms with Gasteiger partial charge in [0.2, 0.25) is 0 Å². The molecule has 1 aliphatic carbocycles. The smallest absolute Gasteiger partial charge is 0.154 e. The molecule has 3 nitrogen and oxygen atoms in total. The molecule has 0 unspecified atom stereocenters. The summed E-state index contributed by atoms with van der Waals surface area (Å²) in [5.41, 5.74) is -0.184. The van der Waals surface area contributed by atoms with Crippen LogP contribution in [0.5, 0.6) is 0 Å². The van der Waals surface area contributed by atoms with Gasteiger partial charge >= 0.3 is 0 Å². The predicted molar refractivity (Wildman–Crippen MR) is 114 cm³/mol. The number of rotatable bonds is 7. The van der Waals surface area contributed by atoms with E-state index in [1.54, 1.807) is 6.08 Å². The second-order valence-electron chi connectivity index (χ2n) is 7.98. The summed E-state index contributed by atoms with van der Waals surface area (Å²) < 4.78 is 0. The number of allylic oxidation sites excluding steroid dienone is 1. The number of carbonyl (C=O) groups is 1. The highest BCUT2D eigenvalue weighted by Crippen LogP contribution is 2.56. The number of hydrogen-bond acceptors (Lipinski definition) is 3. The molecule has 0 saturated heterocycles. The van der Waals surface area contributed by atoms with Crippen molar-refractivity contribution in [1.82, 2.24) is 0 Å². The minimum Gasteiger partial charge on any atom is -0.299 e. The Hall–Kier alpha value is -3.17. The average molecular weight is 383 g/mol. The minimum absolute atomic E-state index is 0.167. The van der Waals surface area contributed by atoms with Gasteiger partial charge in [-0.25, -0.2) is 0 Å². The zero-order valence-corrected chi connectivity index (χ0v) is 16.7. The van der Waals surface area contributed by atoms with E-state index in [1.165, 1.54) is 0 Å². The van der Waals surface area contributed by atoms with Crippen LogP contribution in [0.15, 0.2) is 73.3 Å². The first-order valence-electron chi connectivity index (χ1n) is 10.2. The van der Waals surface area contributed by atoms with Crippen molar-refractivity contribution in [3.05, 3.63) is 84.4 Å². The van der Waals surface area contributed by atoms with Crippen LogP contribution >= 0.6 is 0 Å². The van der Waals surface area contributed by atoms with Crippen LogP contribution in [0.4, 0.5) is 0 Å². The number of carbonyl (C=O) groups excluding carboxylic acids is 1. The van der Waals surface area contributed by atoms with Crippen LogP contribution in [0.1, 0.15) is 49.1 Å². The lowest BCUT2D eigenvalue weighted by Gasteiger charge is -2.47. The minimum atomic E-state index is -1.34. The van der Waals surface area contributed by atoms with Gasteiger partial charge in [-0.2, -0.15) is 10.5 Å². The van der Waals surface area contributed by atoms with Crippen LogP contribution in [0.2, 0.25) is 0 Å². The highest BCUT2D eigenvalue weighted by molar-refractivity contribution is 5.87. The fourth-order valence-electron chi connectivity index (χ4n) is 4.98. The summed E-state index contributed by atoms with van der Waals surface area (Å²) in [4.78, 5) is 13.6. The highest BCUT2D eigenvalue weighted by atomic mass is 16.1. The molecular weight excluding hydrogens is 356 g/mol. The molecule has 1 aliphatic rings. The number of nitrogens with zero attached hydrogens (tertiary/aromatic N) is 2. The zero-order chi connectivity index (χ0) is 20.7. The van der Waals surface area contributed by atoms with Gasteiger partial charge in [-0.3, -0.25) is 4.79 Å². The van der Waals surface area contributed by atoms with Crippen LogP contribution in [0, 0.1) is 33.5 Å².